The van der Waals surface area contributed by atoms with Gasteiger partial charge in [0.2, 0.25) is 0 Å². The molecule has 0 saturated heterocycles. The van der Waals surface area contributed by atoms with Crippen molar-refractivity contribution in [3.63, 3.8) is 0 Å². The zero-order chi connectivity index (χ0) is 13.1. The Morgan fingerprint density at radius 2 is 1.53 bits per heavy atom. The minimum atomic E-state index is -2.43. The lowest BCUT2D eigenvalue weighted by Crippen LogP contribution is -2.43. The first-order valence-electron chi connectivity index (χ1n) is 6.25. The lowest BCUT2D eigenvalue weighted by atomic mass is 10.1. The van der Waals surface area contributed by atoms with Gasteiger partial charge in [0.25, 0.3) is 0 Å². The maximum Gasteiger partial charge on any atom is 0.500 e. The van der Waals surface area contributed by atoms with Gasteiger partial charge in [0.15, 0.2) is 0 Å². The van der Waals surface area contributed by atoms with E-state index in [1.54, 1.807) is 21.3 Å². The van der Waals surface area contributed by atoms with Crippen molar-refractivity contribution < 1.29 is 13.3 Å². The Kier molecular flexibility index (Phi) is 10.00. The summed E-state index contributed by atoms with van der Waals surface area (Å²) >= 11 is 0. The van der Waals surface area contributed by atoms with Crippen LogP contribution in [-0.4, -0.2) is 42.7 Å². The first-order chi connectivity index (χ1) is 8.14. The van der Waals surface area contributed by atoms with Gasteiger partial charge >= 0.3 is 8.80 Å². The van der Waals surface area contributed by atoms with Crippen molar-refractivity contribution in [2.45, 2.75) is 44.2 Å². The standard InChI is InChI=1S/C11H28N2O3Si/c1-14-17(15-2,16-3)10-8-11(13)7-5-4-6-9-12/h11H,4-10,12-13H2,1-3H3. The topological polar surface area (TPSA) is 79.7 Å². The fraction of sp³-hybridized carbons (Fsp3) is 1.00. The van der Waals surface area contributed by atoms with Crippen LogP contribution in [0.3, 0.4) is 0 Å². The molecule has 104 valence electrons. The zero-order valence-corrected chi connectivity index (χ0v) is 12.4. The Morgan fingerprint density at radius 1 is 0.941 bits per heavy atom. The summed E-state index contributed by atoms with van der Waals surface area (Å²) < 4.78 is 16.1. The van der Waals surface area contributed by atoms with Gasteiger partial charge in [0.1, 0.15) is 0 Å². The molecule has 0 aliphatic rings. The largest absolute Gasteiger partial charge is 0.500 e. The van der Waals surface area contributed by atoms with Crippen molar-refractivity contribution in [3.05, 3.63) is 0 Å². The van der Waals surface area contributed by atoms with Crippen LogP contribution in [0.25, 0.3) is 0 Å². The highest BCUT2D eigenvalue weighted by atomic mass is 28.4. The Bertz CT molecular complexity index is 172. The summed E-state index contributed by atoms with van der Waals surface area (Å²) in [5.41, 5.74) is 11.5. The smallest absolute Gasteiger partial charge is 0.377 e. The van der Waals surface area contributed by atoms with E-state index in [9.17, 15) is 0 Å². The highest BCUT2D eigenvalue weighted by molar-refractivity contribution is 6.60. The van der Waals surface area contributed by atoms with Crippen LogP contribution in [0.5, 0.6) is 0 Å². The molecule has 17 heavy (non-hydrogen) atoms. The SMILES string of the molecule is CO[Si](CCC(N)CCCCCN)(OC)OC. The van der Waals surface area contributed by atoms with Crippen molar-refractivity contribution in [2.75, 3.05) is 27.9 Å². The molecule has 0 aliphatic heterocycles. The number of unbranched alkanes of at least 4 members (excludes halogenated alkanes) is 2. The highest BCUT2D eigenvalue weighted by Crippen LogP contribution is 2.17. The fourth-order valence-electron chi connectivity index (χ4n) is 1.79. The fourth-order valence-corrected chi connectivity index (χ4v) is 3.63. The summed E-state index contributed by atoms with van der Waals surface area (Å²) in [6, 6.07) is 0.967. The van der Waals surface area contributed by atoms with E-state index in [2.05, 4.69) is 0 Å². The van der Waals surface area contributed by atoms with Crippen molar-refractivity contribution in [1.29, 1.82) is 0 Å². The normalized spacial score (nSPS) is 13.9. The summed E-state index contributed by atoms with van der Waals surface area (Å²) in [6.07, 6.45) is 5.29. The Labute approximate surface area is 106 Å². The minimum Gasteiger partial charge on any atom is -0.377 e. The van der Waals surface area contributed by atoms with E-state index < -0.39 is 8.80 Å². The van der Waals surface area contributed by atoms with Gasteiger partial charge in [-0.1, -0.05) is 12.8 Å². The second-order valence-electron chi connectivity index (χ2n) is 4.23. The molecule has 0 amide bonds. The maximum atomic E-state index is 6.05. The van der Waals surface area contributed by atoms with Crippen LogP contribution < -0.4 is 11.5 Å². The number of rotatable bonds is 11. The zero-order valence-electron chi connectivity index (χ0n) is 11.4. The molecule has 0 fully saturated rings. The van der Waals surface area contributed by atoms with Crippen LogP contribution in [0.15, 0.2) is 0 Å². The van der Waals surface area contributed by atoms with E-state index in [-0.39, 0.29) is 6.04 Å². The highest BCUT2D eigenvalue weighted by Gasteiger charge is 2.37. The van der Waals surface area contributed by atoms with Crippen LogP contribution in [-0.2, 0) is 13.3 Å². The molecule has 0 bridgehead atoms. The molecule has 0 aromatic rings. The van der Waals surface area contributed by atoms with Crippen LogP contribution in [0, 0.1) is 0 Å². The molecular weight excluding hydrogens is 236 g/mol. The lowest BCUT2D eigenvalue weighted by Gasteiger charge is -2.25. The molecule has 0 aliphatic carbocycles. The second-order valence-corrected chi connectivity index (χ2v) is 7.32. The molecule has 0 heterocycles. The van der Waals surface area contributed by atoms with Gasteiger partial charge in [-0.25, -0.2) is 0 Å². The number of hydrogen-bond acceptors (Lipinski definition) is 5. The van der Waals surface area contributed by atoms with Crippen LogP contribution >= 0.6 is 0 Å². The molecule has 0 spiro atoms. The van der Waals surface area contributed by atoms with Gasteiger partial charge in [-0.3, -0.25) is 0 Å². The first kappa shape index (κ1) is 17.0. The Balaban J connectivity index is 3.76. The molecule has 1 atom stereocenters. The van der Waals surface area contributed by atoms with E-state index in [0.717, 1.165) is 44.7 Å². The third-order valence-electron chi connectivity index (χ3n) is 3.03. The van der Waals surface area contributed by atoms with Crippen molar-refractivity contribution in [3.8, 4) is 0 Å². The predicted octanol–water partition coefficient (Wildman–Crippen LogP) is 1.10. The van der Waals surface area contributed by atoms with E-state index in [1.807, 2.05) is 0 Å². The molecule has 6 heteroatoms. The third kappa shape index (κ3) is 7.12. The van der Waals surface area contributed by atoms with E-state index >= 15 is 0 Å². The van der Waals surface area contributed by atoms with Crippen LogP contribution in [0.4, 0.5) is 0 Å². The molecule has 0 rings (SSSR count). The van der Waals surface area contributed by atoms with Gasteiger partial charge < -0.3 is 24.7 Å². The van der Waals surface area contributed by atoms with Gasteiger partial charge in [-0.2, -0.15) is 0 Å². The summed E-state index contributed by atoms with van der Waals surface area (Å²) in [6.45, 7) is 0.766. The molecule has 1 unspecified atom stereocenters. The molecule has 5 nitrogen and oxygen atoms in total. The van der Waals surface area contributed by atoms with Gasteiger partial charge in [-0.15, -0.1) is 0 Å². The quantitative estimate of drug-likeness (QED) is 0.431. The molecular formula is C11H28N2O3Si. The molecule has 4 N–H and O–H groups in total. The van der Waals surface area contributed by atoms with Crippen molar-refractivity contribution in [1.82, 2.24) is 0 Å². The van der Waals surface area contributed by atoms with E-state index in [0.29, 0.717) is 0 Å². The van der Waals surface area contributed by atoms with Crippen LogP contribution in [0.1, 0.15) is 32.1 Å². The minimum absolute atomic E-state index is 0.195. The number of nitrogens with two attached hydrogens (primary N) is 2. The average Bonchev–Trinajstić information content (AvgIpc) is 2.37. The van der Waals surface area contributed by atoms with E-state index in [1.165, 1.54) is 0 Å². The molecule has 0 aromatic carbocycles. The maximum absolute atomic E-state index is 6.05. The molecule has 0 radical (unpaired) electrons. The summed E-state index contributed by atoms with van der Waals surface area (Å²) in [5.74, 6) is 0. The predicted molar refractivity (Wildman–Crippen MR) is 71.7 cm³/mol. The van der Waals surface area contributed by atoms with Gasteiger partial charge in [0.05, 0.1) is 0 Å². The van der Waals surface area contributed by atoms with Crippen molar-refractivity contribution >= 4 is 8.80 Å². The van der Waals surface area contributed by atoms with Gasteiger partial charge in [0, 0.05) is 33.4 Å². The Hall–Kier alpha value is 0.0169. The third-order valence-corrected chi connectivity index (χ3v) is 5.80. The molecule has 0 saturated carbocycles. The summed E-state index contributed by atoms with van der Waals surface area (Å²) in [5, 5.41) is 0. The average molecular weight is 264 g/mol. The Morgan fingerprint density at radius 3 is 2.00 bits per heavy atom. The summed E-state index contributed by atoms with van der Waals surface area (Å²) in [4.78, 5) is 0. The second kappa shape index (κ2) is 9.99. The first-order valence-corrected chi connectivity index (χ1v) is 8.18. The van der Waals surface area contributed by atoms with Crippen LogP contribution in [0.2, 0.25) is 6.04 Å². The van der Waals surface area contributed by atoms with Crippen molar-refractivity contribution in [2.24, 2.45) is 11.5 Å². The van der Waals surface area contributed by atoms with Gasteiger partial charge in [-0.05, 0) is 25.8 Å². The summed E-state index contributed by atoms with van der Waals surface area (Å²) in [7, 11) is 2.46. The molecule has 0 aromatic heterocycles. The monoisotopic (exact) mass is 264 g/mol. The van der Waals surface area contributed by atoms with E-state index in [4.69, 9.17) is 24.7 Å². The lowest BCUT2D eigenvalue weighted by molar-refractivity contribution is 0.122. The number of hydrogen-bond donors (Lipinski definition) is 2.